The van der Waals surface area contributed by atoms with Gasteiger partial charge < -0.3 is 9.64 Å². The molecular weight excluding hydrogens is 340 g/mol. The fourth-order valence-electron chi connectivity index (χ4n) is 2.36. The summed E-state index contributed by atoms with van der Waals surface area (Å²) in [6.45, 7) is 3.50. The Morgan fingerprint density at radius 3 is 2.24 bits per heavy atom. The third kappa shape index (κ3) is 4.37. The Kier molecular flexibility index (Phi) is 5.81. The van der Waals surface area contributed by atoms with E-state index in [1.807, 2.05) is 12.1 Å². The van der Waals surface area contributed by atoms with Gasteiger partial charge in [0.25, 0.3) is 5.91 Å². The van der Waals surface area contributed by atoms with Crippen molar-refractivity contribution in [3.8, 4) is 5.75 Å². The second-order valence-corrected chi connectivity index (χ2v) is 7.55. The smallest absolute Gasteiger partial charge is 0.258 e. The first-order valence-corrected chi connectivity index (χ1v) is 9.28. The molecule has 25 heavy (non-hydrogen) atoms. The van der Waals surface area contributed by atoms with E-state index in [1.54, 1.807) is 40.1 Å². The SMILES string of the molecule is COc1ccccc1N(C)C(=O)c1ccc(S(=O)(=O)NC(C)C)cc1. The van der Waals surface area contributed by atoms with Gasteiger partial charge in [-0.1, -0.05) is 12.1 Å². The summed E-state index contributed by atoms with van der Waals surface area (Å²) in [6, 6.07) is 12.8. The number of nitrogens with one attached hydrogen (secondary N) is 1. The Labute approximate surface area is 148 Å². The van der Waals surface area contributed by atoms with Gasteiger partial charge in [-0.15, -0.1) is 0 Å². The van der Waals surface area contributed by atoms with E-state index in [2.05, 4.69) is 4.72 Å². The second kappa shape index (κ2) is 7.67. The quantitative estimate of drug-likeness (QED) is 0.857. The number of para-hydroxylation sites is 2. The van der Waals surface area contributed by atoms with Gasteiger partial charge in [0.05, 0.1) is 17.7 Å². The molecule has 0 saturated carbocycles. The van der Waals surface area contributed by atoms with Crippen LogP contribution in [0.25, 0.3) is 0 Å². The van der Waals surface area contributed by atoms with E-state index in [-0.39, 0.29) is 16.8 Å². The minimum Gasteiger partial charge on any atom is -0.495 e. The molecule has 0 aliphatic rings. The third-order valence-corrected chi connectivity index (χ3v) is 5.23. The highest BCUT2D eigenvalue weighted by atomic mass is 32.2. The highest BCUT2D eigenvalue weighted by Gasteiger charge is 2.19. The zero-order valence-electron chi connectivity index (χ0n) is 14.7. The minimum absolute atomic E-state index is 0.123. The van der Waals surface area contributed by atoms with Crippen molar-refractivity contribution >= 4 is 21.6 Å². The van der Waals surface area contributed by atoms with Crippen LogP contribution in [0.15, 0.2) is 53.4 Å². The molecule has 2 aromatic rings. The van der Waals surface area contributed by atoms with Crippen LogP contribution < -0.4 is 14.4 Å². The molecule has 0 atom stereocenters. The van der Waals surface area contributed by atoms with Crippen molar-refractivity contribution in [1.82, 2.24) is 4.72 Å². The highest BCUT2D eigenvalue weighted by molar-refractivity contribution is 7.89. The summed E-state index contributed by atoms with van der Waals surface area (Å²) in [7, 11) is -0.396. The largest absolute Gasteiger partial charge is 0.495 e. The summed E-state index contributed by atoms with van der Waals surface area (Å²) in [4.78, 5) is 14.2. The molecule has 0 spiro atoms. The van der Waals surface area contributed by atoms with Gasteiger partial charge >= 0.3 is 0 Å². The third-order valence-electron chi connectivity index (χ3n) is 3.55. The van der Waals surface area contributed by atoms with Gasteiger partial charge in [-0.2, -0.15) is 0 Å². The lowest BCUT2D eigenvalue weighted by Gasteiger charge is -2.20. The molecule has 7 heteroatoms. The number of benzene rings is 2. The standard InChI is InChI=1S/C18H22N2O4S/c1-13(2)19-25(22,23)15-11-9-14(10-12-15)18(21)20(3)16-7-5-6-8-17(16)24-4/h5-13,19H,1-4H3. The molecule has 1 N–H and O–H groups in total. The van der Waals surface area contributed by atoms with Crippen LogP contribution in [-0.4, -0.2) is 34.5 Å². The monoisotopic (exact) mass is 362 g/mol. The van der Waals surface area contributed by atoms with Crippen LogP contribution in [-0.2, 0) is 10.0 Å². The van der Waals surface area contributed by atoms with Gasteiger partial charge in [-0.25, -0.2) is 13.1 Å². The van der Waals surface area contributed by atoms with Crippen molar-refractivity contribution in [2.24, 2.45) is 0 Å². The maximum absolute atomic E-state index is 12.7. The molecule has 0 bridgehead atoms. The normalized spacial score (nSPS) is 11.4. The number of methoxy groups -OCH3 is 1. The molecule has 0 aromatic heterocycles. The van der Waals surface area contributed by atoms with E-state index in [0.717, 1.165) is 0 Å². The summed E-state index contributed by atoms with van der Waals surface area (Å²) in [5.74, 6) is 0.323. The van der Waals surface area contributed by atoms with Crippen molar-refractivity contribution in [3.05, 3.63) is 54.1 Å². The molecule has 0 saturated heterocycles. The summed E-state index contributed by atoms with van der Waals surface area (Å²) >= 11 is 0. The molecule has 6 nitrogen and oxygen atoms in total. The highest BCUT2D eigenvalue weighted by Crippen LogP contribution is 2.27. The molecular formula is C18H22N2O4S. The molecule has 0 fully saturated rings. The fourth-order valence-corrected chi connectivity index (χ4v) is 3.62. The van der Waals surface area contributed by atoms with E-state index in [0.29, 0.717) is 17.0 Å². The van der Waals surface area contributed by atoms with Crippen LogP contribution in [0.2, 0.25) is 0 Å². The Hall–Kier alpha value is -2.38. The average molecular weight is 362 g/mol. The zero-order valence-corrected chi connectivity index (χ0v) is 15.5. The van der Waals surface area contributed by atoms with Crippen molar-refractivity contribution in [2.75, 3.05) is 19.1 Å². The predicted molar refractivity (Wildman–Crippen MR) is 97.6 cm³/mol. The number of hydrogen-bond donors (Lipinski definition) is 1. The van der Waals surface area contributed by atoms with E-state index in [4.69, 9.17) is 4.74 Å². The molecule has 0 unspecified atom stereocenters. The molecule has 2 rings (SSSR count). The first-order valence-electron chi connectivity index (χ1n) is 7.79. The van der Waals surface area contributed by atoms with Crippen molar-refractivity contribution in [1.29, 1.82) is 0 Å². The van der Waals surface area contributed by atoms with Crippen LogP contribution in [0.5, 0.6) is 5.75 Å². The predicted octanol–water partition coefficient (Wildman–Crippen LogP) is 2.66. The first-order chi connectivity index (χ1) is 11.8. The van der Waals surface area contributed by atoms with Crippen molar-refractivity contribution < 1.29 is 17.9 Å². The van der Waals surface area contributed by atoms with Crippen molar-refractivity contribution in [2.45, 2.75) is 24.8 Å². The topological polar surface area (TPSA) is 75.7 Å². The molecule has 0 aliphatic heterocycles. The zero-order chi connectivity index (χ0) is 18.6. The Balaban J connectivity index is 2.26. The number of carbonyl (C=O) groups is 1. The first kappa shape index (κ1) is 19.0. The van der Waals surface area contributed by atoms with Crippen LogP contribution in [0.3, 0.4) is 0 Å². The maximum atomic E-state index is 12.7. The van der Waals surface area contributed by atoms with Gasteiger partial charge in [0.2, 0.25) is 10.0 Å². The average Bonchev–Trinajstić information content (AvgIpc) is 2.59. The molecule has 2 aromatic carbocycles. The lowest BCUT2D eigenvalue weighted by Crippen LogP contribution is -2.30. The number of amides is 1. The second-order valence-electron chi connectivity index (χ2n) is 5.84. The summed E-state index contributed by atoms with van der Waals surface area (Å²) < 4.78 is 32.1. The van der Waals surface area contributed by atoms with Crippen molar-refractivity contribution in [3.63, 3.8) is 0 Å². The number of sulfonamides is 1. The van der Waals surface area contributed by atoms with E-state index in [9.17, 15) is 13.2 Å². The van der Waals surface area contributed by atoms with E-state index >= 15 is 0 Å². The molecule has 1 amide bonds. The number of nitrogens with zero attached hydrogens (tertiary/aromatic N) is 1. The van der Waals surface area contributed by atoms with Gasteiger partial charge in [0.15, 0.2) is 0 Å². The van der Waals surface area contributed by atoms with Crippen LogP contribution in [0.1, 0.15) is 24.2 Å². The van der Waals surface area contributed by atoms with E-state index in [1.165, 1.54) is 29.2 Å². The summed E-state index contributed by atoms with van der Waals surface area (Å²) in [5, 5.41) is 0. The Morgan fingerprint density at radius 1 is 1.08 bits per heavy atom. The number of hydrogen-bond acceptors (Lipinski definition) is 4. The van der Waals surface area contributed by atoms with Gasteiger partial charge in [-0.3, -0.25) is 4.79 Å². The molecule has 0 heterocycles. The lowest BCUT2D eigenvalue weighted by atomic mass is 10.2. The van der Waals surface area contributed by atoms with Crippen LogP contribution in [0.4, 0.5) is 5.69 Å². The number of anilines is 1. The van der Waals surface area contributed by atoms with E-state index < -0.39 is 10.0 Å². The Bertz CT molecular complexity index is 846. The number of carbonyl (C=O) groups excluding carboxylic acids is 1. The maximum Gasteiger partial charge on any atom is 0.258 e. The molecule has 0 radical (unpaired) electrons. The van der Waals surface area contributed by atoms with Gasteiger partial charge in [0.1, 0.15) is 5.75 Å². The lowest BCUT2D eigenvalue weighted by molar-refractivity contribution is 0.0992. The van der Waals surface area contributed by atoms with Gasteiger partial charge in [-0.05, 0) is 50.2 Å². The van der Waals surface area contributed by atoms with Crippen LogP contribution >= 0.6 is 0 Å². The minimum atomic E-state index is -3.58. The fraction of sp³-hybridized carbons (Fsp3) is 0.278. The number of rotatable bonds is 6. The summed E-state index contributed by atoms with van der Waals surface area (Å²) in [6.07, 6.45) is 0. The van der Waals surface area contributed by atoms with Crippen LogP contribution in [0, 0.1) is 0 Å². The number of ether oxygens (including phenoxy) is 1. The van der Waals surface area contributed by atoms with Gasteiger partial charge in [0, 0.05) is 18.7 Å². The Morgan fingerprint density at radius 2 is 1.68 bits per heavy atom. The summed E-state index contributed by atoms with van der Waals surface area (Å²) in [5.41, 5.74) is 1.02. The molecule has 134 valence electrons. The molecule has 0 aliphatic carbocycles.